The number of Topliss-reactive ketones (excluding diaryl/α,β-unsaturated/α-hetero) is 2. The molecule has 64 heavy (non-hydrogen) atoms. The molecule has 0 aromatic heterocycles. The van der Waals surface area contributed by atoms with E-state index in [4.69, 9.17) is 16.6 Å². The molecule has 0 aliphatic heterocycles. The lowest BCUT2D eigenvalue weighted by molar-refractivity contribution is -0.142. The maximum atomic E-state index is 13.9. The highest BCUT2D eigenvalue weighted by Gasteiger charge is 2.37. The van der Waals surface area contributed by atoms with Crippen LogP contribution in [0.25, 0.3) is 10.8 Å². The third kappa shape index (κ3) is 17.3. The highest BCUT2D eigenvalue weighted by atomic mass is 16.4. The fourth-order valence-electron chi connectivity index (χ4n) is 7.59. The summed E-state index contributed by atoms with van der Waals surface area (Å²) < 4.78 is 0. The van der Waals surface area contributed by atoms with Gasteiger partial charge in [-0.3, -0.25) is 38.4 Å². The van der Waals surface area contributed by atoms with Gasteiger partial charge in [0, 0.05) is 93.5 Å². The van der Waals surface area contributed by atoms with E-state index < -0.39 is 65.3 Å². The highest BCUT2D eigenvalue weighted by molar-refractivity contribution is 6.30. The Hall–Kier alpha value is -5.95. The van der Waals surface area contributed by atoms with Gasteiger partial charge in [0.1, 0.15) is 12.1 Å². The van der Waals surface area contributed by atoms with Crippen LogP contribution in [0, 0.1) is 5.92 Å². The number of primary amides is 1. The van der Waals surface area contributed by atoms with Crippen molar-refractivity contribution in [2.45, 2.75) is 121 Å². The molecule has 2 aromatic rings. The summed E-state index contributed by atoms with van der Waals surface area (Å²) in [6, 6.07) is 4.88. The summed E-state index contributed by atoms with van der Waals surface area (Å²) in [5.41, 5.74) is 12.9. The molecule has 0 radical (unpaired) electrons. The van der Waals surface area contributed by atoms with Gasteiger partial charge in [-0.15, -0.1) is 0 Å². The Morgan fingerprint density at radius 1 is 0.672 bits per heavy atom. The minimum absolute atomic E-state index is 0.00904. The van der Waals surface area contributed by atoms with Crippen LogP contribution in [-0.4, -0.2) is 122 Å². The standard InChI is InChI=1S/C45H66N8O11/c1-53(2)35-22-20-30-40-28(35)13-11-14-29(40)41(59)31(42(30)60)19-21-33(44(62)50-24-23-34(45(63)64)51-38(56)17-12-18-39(57)58)52-43(61)32(46)27-48-25-26-49-37(55)16-10-8-6-4-3-5-7-9-15-36(47)54/h11,13-14,20,22,31-34,48H,3-10,12,15-19,21,23-27,46H2,1-2H3,(H2,47,54)(H,49,55)(H,50,62)(H,51,56)(H,52,61)(H,57,58)(H,63,64)/t31?,32-,33+,34+/m0/s1. The summed E-state index contributed by atoms with van der Waals surface area (Å²) in [5.74, 6) is -6.94. The molecule has 1 aliphatic rings. The lowest BCUT2D eigenvalue weighted by Crippen LogP contribution is -2.54. The summed E-state index contributed by atoms with van der Waals surface area (Å²) in [7, 11) is 3.72. The fourth-order valence-corrected chi connectivity index (χ4v) is 7.59. The third-order valence-corrected chi connectivity index (χ3v) is 11.1. The van der Waals surface area contributed by atoms with Crippen molar-refractivity contribution in [3.8, 4) is 0 Å². The van der Waals surface area contributed by atoms with E-state index in [1.807, 2.05) is 25.1 Å². The quantitative estimate of drug-likeness (QED) is 0.0375. The van der Waals surface area contributed by atoms with Crippen LogP contribution in [0.4, 0.5) is 5.69 Å². The number of nitrogens with two attached hydrogens (primary N) is 2. The number of nitrogens with one attached hydrogen (secondary N) is 5. The van der Waals surface area contributed by atoms with Crippen molar-refractivity contribution in [1.29, 1.82) is 0 Å². The average molecular weight is 895 g/mol. The Balaban J connectivity index is 1.55. The Morgan fingerprint density at radius 3 is 1.92 bits per heavy atom. The van der Waals surface area contributed by atoms with E-state index in [9.17, 15) is 48.3 Å². The van der Waals surface area contributed by atoms with Crippen LogP contribution in [0.3, 0.4) is 0 Å². The van der Waals surface area contributed by atoms with E-state index >= 15 is 0 Å². The van der Waals surface area contributed by atoms with E-state index in [-0.39, 0.29) is 63.4 Å². The zero-order valence-corrected chi connectivity index (χ0v) is 37.0. The molecule has 11 N–H and O–H groups in total. The largest absolute Gasteiger partial charge is 0.481 e. The van der Waals surface area contributed by atoms with Crippen LogP contribution in [-0.2, 0) is 33.6 Å². The summed E-state index contributed by atoms with van der Waals surface area (Å²) >= 11 is 0. The molecule has 1 aliphatic carbocycles. The molecular weight excluding hydrogens is 829 g/mol. The van der Waals surface area contributed by atoms with Crippen molar-refractivity contribution in [1.82, 2.24) is 26.6 Å². The SMILES string of the molecule is CN(C)c1ccc2c3c(cccc13)C(=O)C(CC[C@@H](NC(=O)[C@@H](N)CNCCNC(=O)CCCCCCCCCCC(N)=O)C(=O)NCC[C@@H](NC(=O)CCCC(=O)O)C(=O)O)C2=O. The van der Waals surface area contributed by atoms with E-state index in [1.54, 1.807) is 24.3 Å². The summed E-state index contributed by atoms with van der Waals surface area (Å²) in [6.45, 7) is 0.340. The molecule has 0 saturated carbocycles. The summed E-state index contributed by atoms with van der Waals surface area (Å²) in [5, 5.41) is 33.1. The summed E-state index contributed by atoms with van der Waals surface area (Å²) in [6.07, 6.45) is 7.55. The van der Waals surface area contributed by atoms with Crippen LogP contribution in [0.1, 0.15) is 123 Å². The molecule has 19 nitrogen and oxygen atoms in total. The zero-order valence-electron chi connectivity index (χ0n) is 37.0. The predicted molar refractivity (Wildman–Crippen MR) is 239 cm³/mol. The van der Waals surface area contributed by atoms with Gasteiger partial charge in [0.2, 0.25) is 29.5 Å². The van der Waals surface area contributed by atoms with Gasteiger partial charge in [-0.1, -0.05) is 56.7 Å². The number of unbranched alkanes of at least 4 members (excludes halogenated alkanes) is 7. The van der Waals surface area contributed by atoms with Crippen molar-refractivity contribution < 1.29 is 53.4 Å². The number of ketones is 2. The molecule has 3 rings (SSSR count). The molecule has 352 valence electrons. The van der Waals surface area contributed by atoms with E-state index in [0.717, 1.165) is 62.4 Å². The van der Waals surface area contributed by atoms with Gasteiger partial charge in [-0.2, -0.15) is 0 Å². The molecule has 0 heterocycles. The van der Waals surface area contributed by atoms with Gasteiger partial charge >= 0.3 is 11.9 Å². The van der Waals surface area contributed by atoms with Crippen LogP contribution >= 0.6 is 0 Å². The molecular formula is C45H66N8O11. The van der Waals surface area contributed by atoms with Crippen LogP contribution in [0.2, 0.25) is 0 Å². The van der Waals surface area contributed by atoms with E-state index in [0.29, 0.717) is 42.4 Å². The zero-order chi connectivity index (χ0) is 47.2. The number of carboxylic acids is 2. The van der Waals surface area contributed by atoms with Gasteiger partial charge in [-0.05, 0) is 50.7 Å². The third-order valence-electron chi connectivity index (χ3n) is 11.1. The summed E-state index contributed by atoms with van der Waals surface area (Å²) in [4.78, 5) is 115. The molecule has 0 bridgehead atoms. The van der Waals surface area contributed by atoms with Crippen LogP contribution < -0.4 is 43.0 Å². The number of hydrogen-bond donors (Lipinski definition) is 9. The number of amides is 5. The number of carboxylic acid groups (broad SMARTS) is 2. The van der Waals surface area contributed by atoms with Gasteiger partial charge in [-0.25, -0.2) is 4.79 Å². The number of carbonyl (C=O) groups excluding carboxylic acids is 7. The minimum Gasteiger partial charge on any atom is -0.481 e. The van der Waals surface area contributed by atoms with Crippen LogP contribution in [0.15, 0.2) is 30.3 Å². The second-order valence-corrected chi connectivity index (χ2v) is 16.4. The first-order valence-corrected chi connectivity index (χ1v) is 22.2. The number of hydrogen-bond acceptors (Lipinski definition) is 12. The molecule has 19 heteroatoms. The van der Waals surface area contributed by atoms with Gasteiger partial charge in [0.15, 0.2) is 11.6 Å². The highest BCUT2D eigenvalue weighted by Crippen LogP contribution is 2.38. The molecule has 1 unspecified atom stereocenters. The maximum absolute atomic E-state index is 13.9. The molecule has 5 amide bonds. The average Bonchev–Trinajstić information content (AvgIpc) is 3.24. The number of anilines is 1. The van der Waals surface area contributed by atoms with Gasteiger partial charge in [0.25, 0.3) is 0 Å². The number of benzene rings is 2. The number of carbonyl (C=O) groups is 9. The number of nitrogens with zero attached hydrogens (tertiary/aromatic N) is 1. The lowest BCUT2D eigenvalue weighted by atomic mass is 9.77. The minimum atomic E-state index is -1.41. The van der Waals surface area contributed by atoms with Crippen LogP contribution in [0.5, 0.6) is 0 Å². The van der Waals surface area contributed by atoms with Crippen molar-refractivity contribution in [3.63, 3.8) is 0 Å². The Labute approximate surface area is 373 Å². The molecule has 0 spiro atoms. The smallest absolute Gasteiger partial charge is 0.326 e. The first kappa shape index (κ1) is 52.4. The second kappa shape index (κ2) is 27.3. The first-order valence-electron chi connectivity index (χ1n) is 22.2. The van der Waals surface area contributed by atoms with Gasteiger partial charge in [0.05, 0.1) is 12.0 Å². The van der Waals surface area contributed by atoms with Gasteiger partial charge < -0.3 is 53.2 Å². The molecule has 0 fully saturated rings. The number of rotatable bonds is 32. The first-order chi connectivity index (χ1) is 30.5. The topological polar surface area (TPSA) is 310 Å². The van der Waals surface area contributed by atoms with Crippen molar-refractivity contribution in [2.75, 3.05) is 45.2 Å². The maximum Gasteiger partial charge on any atom is 0.326 e. The molecule has 0 saturated heterocycles. The second-order valence-electron chi connectivity index (χ2n) is 16.4. The Morgan fingerprint density at radius 2 is 1.30 bits per heavy atom. The van der Waals surface area contributed by atoms with Crippen molar-refractivity contribution in [2.24, 2.45) is 17.4 Å². The Bertz CT molecular complexity index is 1950. The van der Waals surface area contributed by atoms with E-state index in [1.165, 1.54) is 0 Å². The Kier molecular flexibility index (Phi) is 22.3. The monoisotopic (exact) mass is 894 g/mol. The molecule has 4 atom stereocenters. The molecule has 2 aromatic carbocycles. The van der Waals surface area contributed by atoms with Crippen molar-refractivity contribution in [3.05, 3.63) is 41.5 Å². The fraction of sp³-hybridized carbons (Fsp3) is 0.578. The normalized spacial score (nSPS) is 14.6. The van der Waals surface area contributed by atoms with Crippen molar-refractivity contribution >= 4 is 69.5 Å². The van der Waals surface area contributed by atoms with E-state index in [2.05, 4.69) is 26.6 Å². The predicted octanol–water partition coefficient (Wildman–Crippen LogP) is 1.92. The lowest BCUT2D eigenvalue weighted by Gasteiger charge is -2.27. The number of aliphatic carboxylic acids is 2.